The predicted octanol–water partition coefficient (Wildman–Crippen LogP) is 13.3. The van der Waals surface area contributed by atoms with Gasteiger partial charge in [-0.15, -0.1) is 35.9 Å². The maximum atomic E-state index is 6.00. The van der Waals surface area contributed by atoms with Gasteiger partial charge in [0.15, 0.2) is 0 Å². The van der Waals surface area contributed by atoms with Crippen molar-refractivity contribution in [3.8, 4) is 39.5 Å². The largest absolute Gasteiger partial charge is 0.557 e. The molecule has 0 fully saturated rings. The number of benzene rings is 6. The molecule has 0 aliphatic rings. The van der Waals surface area contributed by atoms with E-state index in [2.05, 4.69) is 185 Å². The second kappa shape index (κ2) is 16.8. The minimum Gasteiger partial charge on any atom is -0.557 e. The van der Waals surface area contributed by atoms with Crippen LogP contribution in [0.1, 0.15) is 36.1 Å². The molecule has 0 N–H and O–H groups in total. The summed E-state index contributed by atoms with van der Waals surface area (Å²) in [6.07, 6.45) is 6.44. The Labute approximate surface area is 357 Å². The van der Waals surface area contributed by atoms with Gasteiger partial charge in [0.2, 0.25) is 0 Å². The number of hydrogen-bond donors (Lipinski definition) is 0. The summed E-state index contributed by atoms with van der Waals surface area (Å²) in [5, 5.41) is 4.89. The molecule has 0 aliphatic heterocycles. The minimum absolute atomic E-state index is 0. The molecule has 3 heterocycles. The second-order valence-corrected chi connectivity index (χ2v) is 21.7. The van der Waals surface area contributed by atoms with Gasteiger partial charge in [0.25, 0.3) is 0 Å². The zero-order valence-corrected chi connectivity index (χ0v) is 38.0. The third kappa shape index (κ3) is 8.15. The first-order valence-corrected chi connectivity index (χ1v) is 23.4. The summed E-state index contributed by atoms with van der Waals surface area (Å²) in [4.78, 5) is 9.78. The Morgan fingerprint density at radius 3 is 2.17 bits per heavy atom. The smallest absolute Gasteiger partial charge is 0.0798 e. The Balaban J connectivity index is 0.000000208. The summed E-state index contributed by atoms with van der Waals surface area (Å²) in [5.74, 6) is 1.50. The molecule has 1 radical (unpaired) electrons. The van der Waals surface area contributed by atoms with E-state index in [1.807, 2.05) is 24.3 Å². The molecule has 9 rings (SSSR count). The van der Waals surface area contributed by atoms with Crippen LogP contribution in [-0.4, -0.2) is 22.6 Å². The molecule has 9 aromatic rings. The van der Waals surface area contributed by atoms with Crippen molar-refractivity contribution in [2.45, 2.75) is 60.7 Å². The molecule has 0 aliphatic carbocycles. The van der Waals surface area contributed by atoms with Crippen molar-refractivity contribution in [3.63, 3.8) is 0 Å². The van der Waals surface area contributed by atoms with Crippen LogP contribution in [0.25, 0.3) is 72.2 Å². The van der Waals surface area contributed by atoms with Crippen LogP contribution < -0.4 is 5.19 Å². The third-order valence-electron chi connectivity index (χ3n) is 10.8. The summed E-state index contributed by atoms with van der Waals surface area (Å²) in [6.45, 7) is 18.2. The summed E-state index contributed by atoms with van der Waals surface area (Å²) in [7, 11) is -1.34. The third-order valence-corrected chi connectivity index (χ3v) is 12.8. The zero-order valence-electron chi connectivity index (χ0n) is 34.6. The van der Waals surface area contributed by atoms with Crippen molar-refractivity contribution < 1.29 is 24.5 Å². The van der Waals surface area contributed by atoms with Gasteiger partial charge in [-0.05, 0) is 107 Å². The number of aryl methyl sites for hydroxylation is 3. The number of hydrogen-bond acceptors (Lipinski definition) is 3. The van der Waals surface area contributed by atoms with Crippen molar-refractivity contribution >= 4 is 46.0 Å². The number of pyridine rings is 1. The number of fused-ring (bicyclic) bond motifs is 3. The van der Waals surface area contributed by atoms with Crippen molar-refractivity contribution in [3.05, 3.63) is 168 Å². The summed E-state index contributed by atoms with van der Waals surface area (Å²) >= 11 is 0. The molecule has 4 nitrogen and oxygen atoms in total. The molecule has 0 saturated carbocycles. The fourth-order valence-electron chi connectivity index (χ4n) is 8.13. The van der Waals surface area contributed by atoms with Crippen LogP contribution in [0.15, 0.2) is 138 Å². The van der Waals surface area contributed by atoms with E-state index >= 15 is 0 Å². The van der Waals surface area contributed by atoms with E-state index in [0.717, 1.165) is 56.8 Å². The quantitative estimate of drug-likeness (QED) is 0.118. The molecule has 293 valence electrons. The average molecular weight is 952 g/mol. The number of aromatic nitrogens is 3. The van der Waals surface area contributed by atoms with Crippen LogP contribution >= 0.6 is 0 Å². The van der Waals surface area contributed by atoms with Crippen LogP contribution in [0.2, 0.25) is 19.6 Å². The fourth-order valence-corrected chi connectivity index (χ4v) is 9.72. The number of rotatable bonds is 7. The Morgan fingerprint density at radius 1 is 0.741 bits per heavy atom. The molecule has 0 unspecified atom stereocenters. The summed E-state index contributed by atoms with van der Waals surface area (Å²) in [5.41, 5.74) is 14.6. The molecule has 3 aromatic heterocycles. The van der Waals surface area contributed by atoms with Crippen LogP contribution in [0.3, 0.4) is 0 Å². The first-order chi connectivity index (χ1) is 27.5. The Hall–Kier alpha value is -5.39. The number of furan rings is 1. The van der Waals surface area contributed by atoms with Gasteiger partial charge < -0.3 is 14.0 Å². The van der Waals surface area contributed by atoms with Crippen molar-refractivity contribution in [2.24, 2.45) is 5.92 Å². The van der Waals surface area contributed by atoms with Gasteiger partial charge in [0.1, 0.15) is 0 Å². The second-order valence-electron chi connectivity index (χ2n) is 16.7. The molecule has 0 saturated heterocycles. The monoisotopic (exact) mass is 952 g/mol. The number of imidazole rings is 1. The maximum absolute atomic E-state index is 6.00. The van der Waals surface area contributed by atoms with Gasteiger partial charge in [-0.25, -0.2) is 0 Å². The van der Waals surface area contributed by atoms with E-state index in [1.165, 1.54) is 49.3 Å². The average Bonchev–Trinajstić information content (AvgIpc) is 3.78. The molecule has 0 spiro atoms. The van der Waals surface area contributed by atoms with Gasteiger partial charge in [-0.3, -0.25) is 4.98 Å². The predicted molar refractivity (Wildman–Crippen MR) is 242 cm³/mol. The van der Waals surface area contributed by atoms with Crippen molar-refractivity contribution in [1.29, 1.82) is 0 Å². The molecule has 0 amide bonds. The van der Waals surface area contributed by atoms with Crippen molar-refractivity contribution in [1.82, 2.24) is 14.5 Å². The normalized spacial score (nSPS) is 11.5. The summed E-state index contributed by atoms with van der Waals surface area (Å²) in [6, 6.07) is 47.7. The van der Waals surface area contributed by atoms with Crippen LogP contribution in [0.5, 0.6) is 0 Å². The SMILES string of the molecule is CC(C)Cc1cc(-c2[c-]cccc2)ncc1[Si](C)(C)C.Cc1cc(-n2c(-c3[c-]oc4cc5c(C)cccc5cc34)nc3ccccc32)cc(C)c1-c1ccccc1.[Ir]. The molecule has 6 aromatic carbocycles. The molecular weight excluding hydrogens is 903 g/mol. The van der Waals surface area contributed by atoms with Gasteiger partial charge >= 0.3 is 0 Å². The Morgan fingerprint density at radius 2 is 1.47 bits per heavy atom. The number of nitrogens with zero attached hydrogens (tertiary/aromatic N) is 3. The number of para-hydroxylation sites is 2. The van der Waals surface area contributed by atoms with E-state index in [1.54, 1.807) is 0 Å². The van der Waals surface area contributed by atoms with Gasteiger partial charge in [0.05, 0.1) is 24.9 Å². The standard InChI is InChI=1S/C34H25N2O.C18H24NSi.Ir/c1-21-10-9-13-25-18-28-29(20-37-32(28)19-27(21)25)34-35-30-14-7-8-15-31(30)36(34)26-16-22(2)33(23(3)17-26)24-11-5-4-6-12-24;1-14(2)11-16-12-17(15-9-7-6-8-10-15)19-13-18(16)20(3,4)5;/h4-19H,1-3H3;6-9,12-14H,11H2,1-5H3;/q2*-1;. The van der Waals surface area contributed by atoms with Crippen LogP contribution in [-0.2, 0) is 26.5 Å². The minimum atomic E-state index is -1.34. The van der Waals surface area contributed by atoms with Crippen LogP contribution in [0.4, 0.5) is 0 Å². The Kier molecular flexibility index (Phi) is 11.8. The van der Waals surface area contributed by atoms with Gasteiger partial charge in [0, 0.05) is 43.8 Å². The molecule has 0 atom stereocenters. The molecule has 0 bridgehead atoms. The van der Waals surface area contributed by atoms with E-state index in [-0.39, 0.29) is 20.1 Å². The van der Waals surface area contributed by atoms with E-state index in [9.17, 15) is 0 Å². The molecule has 58 heavy (non-hydrogen) atoms. The van der Waals surface area contributed by atoms with Gasteiger partial charge in [-0.1, -0.05) is 129 Å². The van der Waals surface area contributed by atoms with E-state index in [4.69, 9.17) is 9.40 Å². The van der Waals surface area contributed by atoms with Crippen molar-refractivity contribution in [2.75, 3.05) is 0 Å². The first kappa shape index (κ1) is 40.8. The maximum Gasteiger partial charge on any atom is 0.0798 e. The topological polar surface area (TPSA) is 43.9 Å². The van der Waals surface area contributed by atoms with E-state index in [0.29, 0.717) is 5.92 Å². The fraction of sp³-hybridized carbons (Fsp3) is 0.192. The Bertz CT molecular complexity index is 2840. The summed E-state index contributed by atoms with van der Waals surface area (Å²) < 4.78 is 8.24. The van der Waals surface area contributed by atoms with Gasteiger partial charge in [-0.2, -0.15) is 0 Å². The molecule has 6 heteroatoms. The van der Waals surface area contributed by atoms with E-state index < -0.39 is 8.07 Å². The molecular formula is C52H49IrN3OSi-2. The first-order valence-electron chi connectivity index (χ1n) is 19.9. The zero-order chi connectivity index (χ0) is 39.8. The van der Waals surface area contributed by atoms with Crippen LogP contribution in [0, 0.1) is 39.0 Å².